The molecule has 0 aliphatic heterocycles. The Morgan fingerprint density at radius 2 is 1.89 bits per heavy atom. The summed E-state index contributed by atoms with van der Waals surface area (Å²) < 4.78 is 40.4. The van der Waals surface area contributed by atoms with E-state index < -0.39 is 17.6 Å². The summed E-state index contributed by atoms with van der Waals surface area (Å²) in [5.74, 6) is 5.83. The van der Waals surface area contributed by atoms with Crippen molar-refractivity contribution in [2.45, 2.75) is 11.3 Å². The van der Waals surface area contributed by atoms with Gasteiger partial charge in [0, 0.05) is 15.7 Å². The summed E-state index contributed by atoms with van der Waals surface area (Å²) in [6.45, 7) is 0. The van der Waals surface area contributed by atoms with E-state index >= 15 is 0 Å². The number of hydrogen-bond acceptors (Lipinski definition) is 5. The molecule has 28 heavy (non-hydrogen) atoms. The first kappa shape index (κ1) is 20.2. The van der Waals surface area contributed by atoms with Crippen molar-refractivity contribution in [1.29, 1.82) is 0 Å². The van der Waals surface area contributed by atoms with E-state index in [1.807, 2.05) is 24.3 Å². The van der Waals surface area contributed by atoms with E-state index in [9.17, 15) is 18.0 Å². The number of hydrogen-bond donors (Lipinski definition) is 2. The molecule has 1 heterocycles. The van der Waals surface area contributed by atoms with Crippen LogP contribution in [0.1, 0.15) is 5.56 Å². The number of rotatable bonds is 5. The normalized spacial score (nSPS) is 11.4. The molecule has 6 nitrogen and oxygen atoms in total. The van der Waals surface area contributed by atoms with Gasteiger partial charge in [-0.25, -0.2) is 4.68 Å². The van der Waals surface area contributed by atoms with Crippen LogP contribution in [0.2, 0.25) is 0 Å². The van der Waals surface area contributed by atoms with E-state index in [0.29, 0.717) is 11.0 Å². The molecule has 0 fully saturated rings. The number of alkyl halides is 3. The second-order valence-corrected chi connectivity index (χ2v) is 7.46. The minimum Gasteiger partial charge on any atom is -0.335 e. The molecule has 0 saturated carbocycles. The van der Waals surface area contributed by atoms with Crippen molar-refractivity contribution in [3.63, 3.8) is 0 Å². The number of carbonyl (C=O) groups is 1. The molecule has 0 spiro atoms. The van der Waals surface area contributed by atoms with Gasteiger partial charge in [-0.2, -0.15) is 13.2 Å². The fraction of sp³-hybridized carbons (Fsp3) is 0.118. The Morgan fingerprint density at radius 3 is 2.57 bits per heavy atom. The number of nitrogens with one attached hydrogen (secondary N) is 1. The van der Waals surface area contributed by atoms with E-state index in [2.05, 4.69) is 31.4 Å². The third-order valence-corrected chi connectivity index (χ3v) is 5.04. The lowest BCUT2D eigenvalue weighted by Gasteiger charge is -2.09. The van der Waals surface area contributed by atoms with Crippen LogP contribution < -0.4 is 11.2 Å². The predicted octanol–water partition coefficient (Wildman–Crippen LogP) is 4.17. The van der Waals surface area contributed by atoms with Gasteiger partial charge < -0.3 is 11.2 Å². The number of aromatic nitrogens is 3. The summed E-state index contributed by atoms with van der Waals surface area (Å²) >= 11 is 4.36. The maximum absolute atomic E-state index is 12.7. The molecule has 0 saturated heterocycles. The van der Waals surface area contributed by atoms with Crippen molar-refractivity contribution in [2.75, 3.05) is 16.9 Å². The molecule has 146 valence electrons. The summed E-state index contributed by atoms with van der Waals surface area (Å²) in [7, 11) is 0. The lowest BCUT2D eigenvalue weighted by molar-refractivity contribution is -0.137. The van der Waals surface area contributed by atoms with Crippen LogP contribution in [0.3, 0.4) is 0 Å². The molecule has 1 aromatic heterocycles. The summed E-state index contributed by atoms with van der Waals surface area (Å²) in [6, 6.07) is 11.7. The molecule has 2 aromatic carbocycles. The summed E-state index contributed by atoms with van der Waals surface area (Å²) in [4.78, 5) is 12.1. The molecule has 0 radical (unpaired) electrons. The Labute approximate surface area is 170 Å². The van der Waals surface area contributed by atoms with E-state index in [1.54, 1.807) is 0 Å². The van der Waals surface area contributed by atoms with Crippen molar-refractivity contribution >= 4 is 39.3 Å². The third kappa shape index (κ3) is 4.84. The lowest BCUT2D eigenvalue weighted by atomic mass is 10.2. The third-order valence-electron chi connectivity index (χ3n) is 3.57. The highest BCUT2D eigenvalue weighted by Crippen LogP contribution is 2.30. The zero-order valence-corrected chi connectivity index (χ0v) is 16.5. The van der Waals surface area contributed by atoms with Crippen molar-refractivity contribution in [1.82, 2.24) is 14.9 Å². The molecule has 3 aromatic rings. The average molecular weight is 472 g/mol. The Bertz CT molecular complexity index is 991. The highest BCUT2D eigenvalue weighted by Gasteiger charge is 2.30. The summed E-state index contributed by atoms with van der Waals surface area (Å²) in [5.41, 5.74) is -0.0255. The average Bonchev–Trinajstić information content (AvgIpc) is 3.01. The zero-order chi connectivity index (χ0) is 20.3. The van der Waals surface area contributed by atoms with Crippen molar-refractivity contribution < 1.29 is 18.0 Å². The molecule has 3 N–H and O–H groups in total. The highest BCUT2D eigenvalue weighted by atomic mass is 79.9. The lowest BCUT2D eigenvalue weighted by Crippen LogP contribution is -2.17. The number of nitrogen functional groups attached to an aromatic ring is 1. The zero-order valence-electron chi connectivity index (χ0n) is 14.1. The Balaban J connectivity index is 1.63. The number of halogens is 4. The molecule has 0 aliphatic rings. The van der Waals surface area contributed by atoms with Gasteiger partial charge >= 0.3 is 6.18 Å². The van der Waals surface area contributed by atoms with Crippen LogP contribution in [0.25, 0.3) is 11.4 Å². The van der Waals surface area contributed by atoms with Gasteiger partial charge in [-0.15, -0.1) is 10.2 Å². The minimum absolute atomic E-state index is 0.0604. The first-order chi connectivity index (χ1) is 13.2. The standard InChI is InChI=1S/C17H13BrF3N5OS/c18-12-6-4-10(5-7-12)15-24-25-16(26(15)22)28-9-14(27)23-13-3-1-2-11(8-13)17(19,20)21/h1-8H,9,22H2,(H,23,27). The van der Waals surface area contributed by atoms with Crippen LogP contribution in [0, 0.1) is 0 Å². The molecule has 0 bridgehead atoms. The monoisotopic (exact) mass is 471 g/mol. The topological polar surface area (TPSA) is 85.8 Å². The van der Waals surface area contributed by atoms with Crippen molar-refractivity contribution in [3.05, 3.63) is 58.6 Å². The van der Waals surface area contributed by atoms with Gasteiger partial charge in [-0.3, -0.25) is 4.79 Å². The van der Waals surface area contributed by atoms with Crippen LogP contribution in [0.15, 0.2) is 58.2 Å². The first-order valence-electron chi connectivity index (χ1n) is 7.80. The number of carbonyl (C=O) groups excluding carboxylic acids is 1. The molecule has 0 atom stereocenters. The molecular formula is C17H13BrF3N5OS. The largest absolute Gasteiger partial charge is 0.416 e. The fourth-order valence-electron chi connectivity index (χ4n) is 2.27. The quantitative estimate of drug-likeness (QED) is 0.430. The fourth-order valence-corrected chi connectivity index (χ4v) is 3.19. The van der Waals surface area contributed by atoms with Gasteiger partial charge in [0.1, 0.15) is 0 Å². The summed E-state index contributed by atoms with van der Waals surface area (Å²) in [5, 5.41) is 10.7. The van der Waals surface area contributed by atoms with E-state index in [0.717, 1.165) is 33.9 Å². The Kier molecular flexibility index (Phi) is 5.94. The predicted molar refractivity (Wildman–Crippen MR) is 104 cm³/mol. The van der Waals surface area contributed by atoms with Crippen LogP contribution in [-0.2, 0) is 11.0 Å². The van der Waals surface area contributed by atoms with Crippen LogP contribution in [0.5, 0.6) is 0 Å². The number of benzene rings is 2. The molecule has 0 unspecified atom stereocenters. The number of anilines is 1. The second kappa shape index (κ2) is 8.23. The van der Waals surface area contributed by atoms with Crippen LogP contribution >= 0.6 is 27.7 Å². The minimum atomic E-state index is -4.48. The number of nitrogens with two attached hydrogens (primary N) is 1. The van der Waals surface area contributed by atoms with Crippen LogP contribution in [0.4, 0.5) is 18.9 Å². The molecule has 3 rings (SSSR count). The number of amides is 1. The van der Waals surface area contributed by atoms with Crippen molar-refractivity contribution in [2.24, 2.45) is 0 Å². The molecule has 1 amide bonds. The van der Waals surface area contributed by atoms with Gasteiger partial charge in [-0.05, 0) is 30.3 Å². The first-order valence-corrected chi connectivity index (χ1v) is 9.58. The number of nitrogens with zero attached hydrogens (tertiary/aromatic N) is 3. The van der Waals surface area contributed by atoms with Gasteiger partial charge in [0.2, 0.25) is 11.1 Å². The highest BCUT2D eigenvalue weighted by molar-refractivity contribution is 9.10. The summed E-state index contributed by atoms with van der Waals surface area (Å²) in [6.07, 6.45) is -4.48. The van der Waals surface area contributed by atoms with Gasteiger partial charge in [0.05, 0.1) is 11.3 Å². The molecule has 0 aliphatic carbocycles. The maximum atomic E-state index is 12.7. The van der Waals surface area contributed by atoms with Gasteiger partial charge in [-0.1, -0.05) is 45.9 Å². The SMILES string of the molecule is Nn1c(SCC(=O)Nc2cccc(C(F)(F)F)c2)nnc1-c1ccc(Br)cc1. The number of thioether (sulfide) groups is 1. The second-order valence-electron chi connectivity index (χ2n) is 5.60. The molecule has 11 heteroatoms. The Morgan fingerprint density at radius 1 is 1.18 bits per heavy atom. The molecular weight excluding hydrogens is 459 g/mol. The van der Waals surface area contributed by atoms with E-state index in [1.165, 1.54) is 16.8 Å². The van der Waals surface area contributed by atoms with E-state index in [4.69, 9.17) is 5.84 Å². The smallest absolute Gasteiger partial charge is 0.335 e. The van der Waals surface area contributed by atoms with Crippen molar-refractivity contribution in [3.8, 4) is 11.4 Å². The van der Waals surface area contributed by atoms with Gasteiger partial charge in [0.25, 0.3) is 0 Å². The Hall–Kier alpha value is -2.53. The maximum Gasteiger partial charge on any atom is 0.416 e. The van der Waals surface area contributed by atoms with E-state index in [-0.39, 0.29) is 11.4 Å². The van der Waals surface area contributed by atoms with Gasteiger partial charge in [0.15, 0.2) is 5.82 Å². The van der Waals surface area contributed by atoms with Crippen LogP contribution in [-0.4, -0.2) is 26.5 Å².